The fourth-order valence-electron chi connectivity index (χ4n) is 3.25. The topological polar surface area (TPSA) is 49.4 Å². The highest BCUT2D eigenvalue weighted by atomic mass is 19.1. The Morgan fingerprint density at radius 2 is 1.85 bits per heavy atom. The number of carbonyl (C=O) groups excluding carboxylic acids is 2. The van der Waals surface area contributed by atoms with Crippen LogP contribution in [-0.2, 0) is 22.6 Å². The van der Waals surface area contributed by atoms with Gasteiger partial charge in [0.05, 0.1) is 5.92 Å². The molecular formula is C21H23FN2O2. The third kappa shape index (κ3) is 4.69. The maximum Gasteiger partial charge on any atom is 0.225 e. The van der Waals surface area contributed by atoms with Crippen LogP contribution in [0, 0.1) is 11.7 Å². The molecule has 4 nitrogen and oxygen atoms in total. The lowest BCUT2D eigenvalue weighted by atomic mass is 10.1. The molecular weight excluding hydrogens is 331 g/mol. The first-order valence-corrected chi connectivity index (χ1v) is 8.96. The minimum Gasteiger partial charge on any atom is -0.352 e. The molecule has 1 aliphatic rings. The van der Waals surface area contributed by atoms with Crippen molar-refractivity contribution in [2.75, 3.05) is 13.1 Å². The molecule has 1 aliphatic heterocycles. The second-order valence-electron chi connectivity index (χ2n) is 6.64. The van der Waals surface area contributed by atoms with E-state index in [1.54, 1.807) is 23.1 Å². The zero-order valence-corrected chi connectivity index (χ0v) is 14.7. The summed E-state index contributed by atoms with van der Waals surface area (Å²) in [5.74, 6) is -0.861. The molecule has 2 aromatic carbocycles. The zero-order chi connectivity index (χ0) is 18.4. The maximum absolute atomic E-state index is 13.6. The number of halogens is 1. The lowest BCUT2D eigenvalue weighted by Gasteiger charge is -2.16. The van der Waals surface area contributed by atoms with E-state index in [0.29, 0.717) is 18.7 Å². The average molecular weight is 354 g/mol. The van der Waals surface area contributed by atoms with Crippen molar-refractivity contribution in [1.82, 2.24) is 10.2 Å². The van der Waals surface area contributed by atoms with E-state index in [-0.39, 0.29) is 36.5 Å². The van der Waals surface area contributed by atoms with Crippen molar-refractivity contribution in [3.05, 3.63) is 71.5 Å². The van der Waals surface area contributed by atoms with Crippen molar-refractivity contribution in [1.29, 1.82) is 0 Å². The number of hydrogen-bond donors (Lipinski definition) is 1. The molecule has 1 atom stereocenters. The van der Waals surface area contributed by atoms with Gasteiger partial charge in [-0.2, -0.15) is 0 Å². The van der Waals surface area contributed by atoms with E-state index in [9.17, 15) is 14.0 Å². The summed E-state index contributed by atoms with van der Waals surface area (Å²) in [7, 11) is 0. The van der Waals surface area contributed by atoms with Crippen LogP contribution in [0.1, 0.15) is 24.0 Å². The number of hydrogen-bond acceptors (Lipinski definition) is 2. The molecule has 3 rings (SSSR count). The van der Waals surface area contributed by atoms with Gasteiger partial charge < -0.3 is 10.2 Å². The van der Waals surface area contributed by atoms with Gasteiger partial charge >= 0.3 is 0 Å². The highest BCUT2D eigenvalue weighted by Gasteiger charge is 2.33. The molecule has 1 unspecified atom stereocenters. The molecule has 0 radical (unpaired) electrons. The van der Waals surface area contributed by atoms with E-state index in [4.69, 9.17) is 0 Å². The molecule has 1 N–H and O–H groups in total. The SMILES string of the molecule is O=C(NCc1ccccc1F)C1CC(=O)N(CCCc2ccccc2)C1. The van der Waals surface area contributed by atoms with Crippen molar-refractivity contribution in [3.63, 3.8) is 0 Å². The molecule has 2 aromatic rings. The van der Waals surface area contributed by atoms with Crippen LogP contribution in [0.2, 0.25) is 0 Å². The first-order valence-electron chi connectivity index (χ1n) is 8.96. The number of carbonyl (C=O) groups is 2. The quantitative estimate of drug-likeness (QED) is 0.831. The Balaban J connectivity index is 1.44. The van der Waals surface area contributed by atoms with Gasteiger partial charge in [-0.15, -0.1) is 0 Å². The van der Waals surface area contributed by atoms with Crippen LogP contribution in [0.4, 0.5) is 4.39 Å². The number of benzene rings is 2. The predicted octanol–water partition coefficient (Wildman–Crippen LogP) is 2.92. The third-order valence-corrected chi connectivity index (χ3v) is 4.73. The molecule has 0 aromatic heterocycles. The Bertz CT molecular complexity index is 764. The summed E-state index contributed by atoms with van der Waals surface area (Å²) in [5, 5.41) is 2.75. The van der Waals surface area contributed by atoms with Gasteiger partial charge in [0, 0.05) is 31.6 Å². The van der Waals surface area contributed by atoms with Gasteiger partial charge in [0.25, 0.3) is 0 Å². The monoisotopic (exact) mass is 354 g/mol. The van der Waals surface area contributed by atoms with Crippen LogP contribution < -0.4 is 5.32 Å². The van der Waals surface area contributed by atoms with Gasteiger partial charge in [-0.1, -0.05) is 48.5 Å². The summed E-state index contributed by atoms with van der Waals surface area (Å²) in [6.45, 7) is 1.24. The Hall–Kier alpha value is -2.69. The highest BCUT2D eigenvalue weighted by Crippen LogP contribution is 2.19. The van der Waals surface area contributed by atoms with Crippen LogP contribution in [0.25, 0.3) is 0 Å². The maximum atomic E-state index is 13.6. The van der Waals surface area contributed by atoms with Crippen LogP contribution in [0.5, 0.6) is 0 Å². The first kappa shape index (κ1) is 18.1. The standard InChI is InChI=1S/C21H23FN2O2/c22-19-11-5-4-10-17(19)14-23-21(26)18-13-20(25)24(15-18)12-6-9-16-7-2-1-3-8-16/h1-5,7-8,10-11,18H,6,9,12-15H2,(H,23,26). The van der Waals surface area contributed by atoms with Gasteiger partial charge in [-0.05, 0) is 24.5 Å². The molecule has 26 heavy (non-hydrogen) atoms. The lowest BCUT2D eigenvalue weighted by Crippen LogP contribution is -2.33. The van der Waals surface area contributed by atoms with E-state index in [0.717, 1.165) is 12.8 Å². The van der Waals surface area contributed by atoms with Crippen molar-refractivity contribution < 1.29 is 14.0 Å². The zero-order valence-electron chi connectivity index (χ0n) is 14.7. The summed E-state index contributed by atoms with van der Waals surface area (Å²) < 4.78 is 13.6. The van der Waals surface area contributed by atoms with E-state index in [1.807, 2.05) is 18.2 Å². The molecule has 0 spiro atoms. The summed E-state index contributed by atoms with van der Waals surface area (Å²) >= 11 is 0. The molecule has 0 bridgehead atoms. The van der Waals surface area contributed by atoms with Crippen molar-refractivity contribution in [3.8, 4) is 0 Å². The highest BCUT2D eigenvalue weighted by molar-refractivity contribution is 5.89. The molecule has 1 saturated heterocycles. The number of likely N-dealkylation sites (tertiary alicyclic amines) is 1. The van der Waals surface area contributed by atoms with Crippen LogP contribution >= 0.6 is 0 Å². The Morgan fingerprint density at radius 1 is 1.12 bits per heavy atom. The normalized spacial score (nSPS) is 16.7. The van der Waals surface area contributed by atoms with E-state index >= 15 is 0 Å². The van der Waals surface area contributed by atoms with Crippen molar-refractivity contribution in [2.24, 2.45) is 5.92 Å². The lowest BCUT2D eigenvalue weighted by molar-refractivity contribution is -0.129. The molecule has 1 fully saturated rings. The van der Waals surface area contributed by atoms with E-state index in [1.165, 1.54) is 11.6 Å². The predicted molar refractivity (Wildman–Crippen MR) is 97.7 cm³/mol. The van der Waals surface area contributed by atoms with Crippen molar-refractivity contribution in [2.45, 2.75) is 25.8 Å². The van der Waals surface area contributed by atoms with Gasteiger partial charge in [0.15, 0.2) is 0 Å². The van der Waals surface area contributed by atoms with Gasteiger partial charge in [0.1, 0.15) is 5.82 Å². The average Bonchev–Trinajstić information content (AvgIpc) is 3.03. The molecule has 0 aliphatic carbocycles. The Labute approximate surface area is 153 Å². The number of nitrogens with one attached hydrogen (secondary N) is 1. The van der Waals surface area contributed by atoms with Crippen LogP contribution in [0.15, 0.2) is 54.6 Å². The van der Waals surface area contributed by atoms with Crippen LogP contribution in [-0.4, -0.2) is 29.8 Å². The largest absolute Gasteiger partial charge is 0.352 e. The fraction of sp³-hybridized carbons (Fsp3) is 0.333. The second kappa shape index (κ2) is 8.61. The van der Waals surface area contributed by atoms with Gasteiger partial charge in [0.2, 0.25) is 11.8 Å². The van der Waals surface area contributed by atoms with E-state index in [2.05, 4.69) is 17.4 Å². The number of aryl methyl sites for hydroxylation is 1. The molecule has 5 heteroatoms. The molecule has 2 amide bonds. The summed E-state index contributed by atoms with van der Waals surface area (Å²) in [5.41, 5.74) is 1.70. The summed E-state index contributed by atoms with van der Waals surface area (Å²) in [6.07, 6.45) is 2.02. The number of rotatable bonds is 7. The number of amides is 2. The Morgan fingerprint density at radius 3 is 2.62 bits per heavy atom. The number of nitrogens with zero attached hydrogens (tertiary/aromatic N) is 1. The molecule has 0 saturated carbocycles. The third-order valence-electron chi connectivity index (χ3n) is 4.73. The van der Waals surface area contributed by atoms with E-state index < -0.39 is 0 Å². The molecule has 136 valence electrons. The van der Waals surface area contributed by atoms with Gasteiger partial charge in [-0.3, -0.25) is 9.59 Å². The Kier molecular flexibility index (Phi) is 6.00. The first-order chi connectivity index (χ1) is 12.6. The minimum atomic E-state index is -0.356. The minimum absolute atomic E-state index is 0.0177. The summed E-state index contributed by atoms with van der Waals surface area (Å²) in [4.78, 5) is 26.2. The second-order valence-corrected chi connectivity index (χ2v) is 6.64. The fourth-order valence-corrected chi connectivity index (χ4v) is 3.25. The molecule has 1 heterocycles. The smallest absolute Gasteiger partial charge is 0.225 e. The van der Waals surface area contributed by atoms with Crippen molar-refractivity contribution >= 4 is 11.8 Å². The van der Waals surface area contributed by atoms with Crippen LogP contribution in [0.3, 0.4) is 0 Å². The summed E-state index contributed by atoms with van der Waals surface area (Å²) in [6, 6.07) is 16.5. The van der Waals surface area contributed by atoms with Gasteiger partial charge in [-0.25, -0.2) is 4.39 Å².